The van der Waals surface area contributed by atoms with E-state index in [9.17, 15) is 9.59 Å². The Balaban J connectivity index is 1.42. The van der Waals surface area contributed by atoms with Crippen molar-refractivity contribution in [3.8, 4) is 0 Å². The number of carbonyl (C=O) groups is 2. The molecule has 2 aliphatic rings. The Hall–Kier alpha value is -3.88. The van der Waals surface area contributed by atoms with Gasteiger partial charge in [0.1, 0.15) is 0 Å². The molecule has 2 aliphatic heterocycles. The number of nitrogens with two attached hydrogens (primary N) is 1. The number of hydrogen-bond acceptors (Lipinski definition) is 5. The van der Waals surface area contributed by atoms with E-state index in [0.29, 0.717) is 24.3 Å². The number of rotatable bonds is 7. The molecule has 3 aromatic rings. The van der Waals surface area contributed by atoms with Crippen molar-refractivity contribution in [2.45, 2.75) is 25.9 Å². The molecule has 8 nitrogen and oxygen atoms in total. The van der Waals surface area contributed by atoms with E-state index in [-0.39, 0.29) is 18.0 Å². The van der Waals surface area contributed by atoms with Crippen molar-refractivity contribution in [2.75, 3.05) is 62.2 Å². The Bertz CT molecular complexity index is 1250. The summed E-state index contributed by atoms with van der Waals surface area (Å²) in [7, 11) is 0. The molecule has 8 heteroatoms. The van der Waals surface area contributed by atoms with Crippen LogP contribution in [0.3, 0.4) is 0 Å². The van der Waals surface area contributed by atoms with E-state index in [4.69, 9.17) is 5.73 Å². The number of benzene rings is 3. The average Bonchev–Trinajstić information content (AvgIpc) is 2.98. The summed E-state index contributed by atoms with van der Waals surface area (Å²) < 4.78 is 0. The highest BCUT2D eigenvalue weighted by Crippen LogP contribution is 2.35. The van der Waals surface area contributed by atoms with Gasteiger partial charge >= 0.3 is 6.03 Å². The molecule has 0 spiro atoms. The summed E-state index contributed by atoms with van der Waals surface area (Å²) in [5, 5.41) is 3.29. The van der Waals surface area contributed by atoms with Crippen molar-refractivity contribution in [3.63, 3.8) is 0 Å². The largest absolute Gasteiger partial charge is 0.367 e. The summed E-state index contributed by atoms with van der Waals surface area (Å²) in [5.74, 6) is -0.0131. The topological polar surface area (TPSA) is 85.1 Å². The molecule has 0 bridgehead atoms. The van der Waals surface area contributed by atoms with E-state index < -0.39 is 6.03 Å². The number of carbonyl (C=O) groups excluding carboxylic acids is 2. The summed E-state index contributed by atoms with van der Waals surface area (Å²) in [6, 6.07) is 26.5. The van der Waals surface area contributed by atoms with Crippen LogP contribution in [-0.2, 0) is 0 Å². The quantitative estimate of drug-likeness (QED) is 0.474. The average molecular weight is 541 g/mol. The maximum Gasteiger partial charge on any atom is 0.319 e. The fourth-order valence-electron chi connectivity index (χ4n) is 5.92. The monoisotopic (exact) mass is 540 g/mol. The van der Waals surface area contributed by atoms with E-state index in [2.05, 4.69) is 75.8 Å². The van der Waals surface area contributed by atoms with Gasteiger partial charge in [-0.05, 0) is 43.2 Å². The molecule has 2 saturated heterocycles. The van der Waals surface area contributed by atoms with Crippen LogP contribution in [0.5, 0.6) is 0 Å². The third kappa shape index (κ3) is 5.98. The van der Waals surface area contributed by atoms with Gasteiger partial charge in [-0.15, -0.1) is 0 Å². The van der Waals surface area contributed by atoms with Crippen molar-refractivity contribution in [2.24, 2.45) is 5.73 Å². The summed E-state index contributed by atoms with van der Waals surface area (Å²) in [6.45, 7) is 10.1. The molecule has 0 aromatic heterocycles. The van der Waals surface area contributed by atoms with Crippen LogP contribution in [0.2, 0.25) is 0 Å². The van der Waals surface area contributed by atoms with Gasteiger partial charge in [0.05, 0.1) is 17.4 Å². The number of amides is 3. The first-order chi connectivity index (χ1) is 19.4. The lowest BCUT2D eigenvalue weighted by Gasteiger charge is -2.42. The smallest absolute Gasteiger partial charge is 0.319 e. The van der Waals surface area contributed by atoms with Crippen molar-refractivity contribution in [1.29, 1.82) is 0 Å². The molecule has 3 N–H and O–H groups in total. The minimum absolute atomic E-state index is 0.0131. The maximum absolute atomic E-state index is 13.3. The molecule has 0 radical (unpaired) electrons. The third-order valence-electron chi connectivity index (χ3n) is 7.89. The number of anilines is 2. The van der Waals surface area contributed by atoms with Crippen molar-refractivity contribution in [3.05, 3.63) is 95.6 Å². The van der Waals surface area contributed by atoms with Crippen molar-refractivity contribution < 1.29 is 9.59 Å². The van der Waals surface area contributed by atoms with Crippen LogP contribution >= 0.6 is 0 Å². The second-order valence-electron chi connectivity index (χ2n) is 10.8. The lowest BCUT2D eigenvalue weighted by Crippen LogP contribution is -2.49. The molecule has 0 atom stereocenters. The number of nitrogens with one attached hydrogen (secondary N) is 1. The highest BCUT2D eigenvalue weighted by Gasteiger charge is 2.30. The summed E-state index contributed by atoms with van der Waals surface area (Å²) in [6.07, 6.45) is 0. The number of primary amides is 1. The number of hydrogen-bond donors (Lipinski definition) is 2. The molecular formula is C32H40N6O2. The molecule has 0 aliphatic carbocycles. The highest BCUT2D eigenvalue weighted by atomic mass is 16.2. The predicted octanol–water partition coefficient (Wildman–Crippen LogP) is 3.94. The second kappa shape index (κ2) is 12.5. The molecule has 3 amide bonds. The SMILES string of the molecule is CC(C)N(C(N)=O)c1cc(C(=O)N2CCNCC2)ccc1N1CCN(C(c2ccccc2)c2ccccc2)CC1. The fourth-order valence-corrected chi connectivity index (χ4v) is 5.92. The Morgan fingerprint density at radius 3 is 1.90 bits per heavy atom. The third-order valence-corrected chi connectivity index (χ3v) is 7.89. The molecule has 3 aromatic carbocycles. The molecule has 2 fully saturated rings. The zero-order chi connectivity index (χ0) is 28.1. The highest BCUT2D eigenvalue weighted by molar-refractivity contribution is 6.00. The predicted molar refractivity (Wildman–Crippen MR) is 161 cm³/mol. The van der Waals surface area contributed by atoms with Crippen LogP contribution < -0.4 is 20.9 Å². The molecular weight excluding hydrogens is 500 g/mol. The summed E-state index contributed by atoms with van der Waals surface area (Å²) in [5.41, 5.74) is 10.6. The lowest BCUT2D eigenvalue weighted by atomic mass is 9.96. The van der Waals surface area contributed by atoms with E-state index in [1.807, 2.05) is 36.9 Å². The van der Waals surface area contributed by atoms with Crippen LogP contribution in [0.1, 0.15) is 41.4 Å². The first-order valence-electron chi connectivity index (χ1n) is 14.3. The fraction of sp³-hybridized carbons (Fsp3) is 0.375. The van der Waals surface area contributed by atoms with E-state index in [0.717, 1.165) is 45.0 Å². The second-order valence-corrected chi connectivity index (χ2v) is 10.8. The number of piperazine rings is 2. The number of nitrogens with zero attached hydrogens (tertiary/aromatic N) is 4. The molecule has 0 unspecified atom stereocenters. The van der Waals surface area contributed by atoms with Crippen LogP contribution in [0.25, 0.3) is 0 Å². The van der Waals surface area contributed by atoms with Gasteiger partial charge < -0.3 is 20.9 Å². The summed E-state index contributed by atoms with van der Waals surface area (Å²) in [4.78, 5) is 34.3. The Labute approximate surface area is 237 Å². The van der Waals surface area contributed by atoms with Gasteiger partial charge in [-0.2, -0.15) is 0 Å². The minimum Gasteiger partial charge on any atom is -0.367 e. The molecule has 2 heterocycles. The van der Waals surface area contributed by atoms with Crippen LogP contribution in [0.4, 0.5) is 16.2 Å². The van der Waals surface area contributed by atoms with Gasteiger partial charge in [0.15, 0.2) is 0 Å². The summed E-state index contributed by atoms with van der Waals surface area (Å²) >= 11 is 0. The van der Waals surface area contributed by atoms with Gasteiger partial charge in [-0.3, -0.25) is 14.6 Å². The molecule has 210 valence electrons. The Kier molecular flexibility index (Phi) is 8.67. The van der Waals surface area contributed by atoms with Crippen molar-refractivity contribution in [1.82, 2.24) is 15.1 Å². The number of urea groups is 1. The lowest BCUT2D eigenvalue weighted by molar-refractivity contribution is 0.0736. The maximum atomic E-state index is 13.3. The van der Waals surface area contributed by atoms with Crippen LogP contribution in [0.15, 0.2) is 78.9 Å². The zero-order valence-electron chi connectivity index (χ0n) is 23.5. The van der Waals surface area contributed by atoms with Gasteiger partial charge in [-0.1, -0.05) is 60.7 Å². The standard InChI is InChI=1S/C32H40N6O2/c1-24(2)38(32(33)40)29-23-27(31(39)37-17-15-34-16-18-37)13-14-28(29)35-19-21-36(22-20-35)30(25-9-5-3-6-10-25)26-11-7-4-8-12-26/h3-14,23-24,30,34H,15-22H2,1-2H3,(H2,33,40). The van der Waals surface area contributed by atoms with E-state index in [1.165, 1.54) is 11.1 Å². The van der Waals surface area contributed by atoms with Gasteiger partial charge in [0, 0.05) is 64.0 Å². The molecule has 0 saturated carbocycles. The molecule has 40 heavy (non-hydrogen) atoms. The van der Waals surface area contributed by atoms with Crippen molar-refractivity contribution >= 4 is 23.3 Å². The van der Waals surface area contributed by atoms with Gasteiger partial charge in [-0.25, -0.2) is 4.79 Å². The van der Waals surface area contributed by atoms with Crippen LogP contribution in [0, 0.1) is 0 Å². The van der Waals surface area contributed by atoms with Gasteiger partial charge in [0.25, 0.3) is 5.91 Å². The van der Waals surface area contributed by atoms with Gasteiger partial charge in [0.2, 0.25) is 0 Å². The molecule has 5 rings (SSSR count). The minimum atomic E-state index is -0.519. The zero-order valence-corrected chi connectivity index (χ0v) is 23.5. The van der Waals surface area contributed by atoms with E-state index >= 15 is 0 Å². The Morgan fingerprint density at radius 1 is 0.800 bits per heavy atom. The first-order valence-corrected chi connectivity index (χ1v) is 14.3. The normalized spacial score (nSPS) is 16.4. The van der Waals surface area contributed by atoms with E-state index in [1.54, 1.807) is 4.90 Å². The Morgan fingerprint density at radius 2 is 1.38 bits per heavy atom. The first kappa shape index (κ1) is 27.7. The van der Waals surface area contributed by atoms with Crippen LogP contribution in [-0.4, -0.2) is 80.1 Å².